The van der Waals surface area contributed by atoms with E-state index in [0.29, 0.717) is 30.9 Å². The summed E-state index contributed by atoms with van der Waals surface area (Å²) < 4.78 is 9.03. The van der Waals surface area contributed by atoms with Crippen LogP contribution in [0.4, 0.5) is 0 Å². The molecule has 106 valence electrons. The molecule has 0 aromatic carbocycles. The van der Waals surface area contributed by atoms with E-state index in [9.17, 15) is 9.90 Å². The van der Waals surface area contributed by atoms with Crippen LogP contribution in [0, 0.1) is 0 Å². The van der Waals surface area contributed by atoms with Crippen molar-refractivity contribution in [2.24, 2.45) is 0 Å². The molecular weight excluding hydrogens is 266 g/mol. The molecule has 0 aliphatic carbocycles. The first-order valence-electron chi connectivity index (χ1n) is 6.54. The number of nitrogens with one attached hydrogen (secondary N) is 1. The predicted molar refractivity (Wildman–Crippen MR) is 71.2 cm³/mol. The molecule has 1 aliphatic heterocycles. The zero-order chi connectivity index (χ0) is 13.7. The van der Waals surface area contributed by atoms with Gasteiger partial charge >= 0.3 is 0 Å². The quantitative estimate of drug-likeness (QED) is 0.834. The molecule has 6 nitrogen and oxygen atoms in total. The lowest BCUT2D eigenvalue weighted by atomic mass is 9.94. The Morgan fingerprint density at radius 1 is 1.53 bits per heavy atom. The second-order valence-electron chi connectivity index (χ2n) is 4.82. The molecule has 1 aromatic rings. The van der Waals surface area contributed by atoms with Crippen molar-refractivity contribution in [1.29, 1.82) is 0 Å². The van der Waals surface area contributed by atoms with Crippen LogP contribution >= 0.6 is 11.5 Å². The zero-order valence-corrected chi connectivity index (χ0v) is 11.8. The van der Waals surface area contributed by atoms with Crippen molar-refractivity contribution < 1.29 is 14.6 Å². The molecule has 19 heavy (non-hydrogen) atoms. The van der Waals surface area contributed by atoms with Gasteiger partial charge in [0.25, 0.3) is 5.91 Å². The summed E-state index contributed by atoms with van der Waals surface area (Å²) in [7, 11) is 0. The number of ether oxygens (including phenoxy) is 1. The topological polar surface area (TPSA) is 84.3 Å². The highest BCUT2D eigenvalue weighted by atomic mass is 32.1. The van der Waals surface area contributed by atoms with Crippen LogP contribution in [0.5, 0.6) is 0 Å². The van der Waals surface area contributed by atoms with E-state index in [1.54, 1.807) is 0 Å². The summed E-state index contributed by atoms with van der Waals surface area (Å²) in [5.74, 6) is -0.196. The number of hydrogen-bond donors (Lipinski definition) is 2. The lowest BCUT2D eigenvalue weighted by Crippen LogP contribution is -2.46. The molecule has 1 amide bonds. The number of hydrogen-bond acceptors (Lipinski definition) is 6. The molecule has 2 rings (SSSR count). The average molecular weight is 285 g/mol. The van der Waals surface area contributed by atoms with Gasteiger partial charge in [-0.05, 0) is 18.0 Å². The van der Waals surface area contributed by atoms with E-state index in [-0.39, 0.29) is 12.5 Å². The molecule has 1 aromatic heterocycles. The Morgan fingerprint density at radius 3 is 2.95 bits per heavy atom. The highest BCUT2D eigenvalue weighted by Gasteiger charge is 2.30. The van der Waals surface area contributed by atoms with Crippen LogP contribution in [-0.2, 0) is 11.2 Å². The lowest BCUT2D eigenvalue weighted by Gasteiger charge is -2.31. The van der Waals surface area contributed by atoms with E-state index in [1.165, 1.54) is 0 Å². The summed E-state index contributed by atoms with van der Waals surface area (Å²) >= 11 is 1.10. The highest BCUT2D eigenvalue weighted by molar-refractivity contribution is 7.08. The van der Waals surface area contributed by atoms with Gasteiger partial charge in [-0.15, -0.1) is 5.10 Å². The fourth-order valence-electron chi connectivity index (χ4n) is 2.03. The van der Waals surface area contributed by atoms with Gasteiger partial charge in [0.1, 0.15) is 4.88 Å². The molecule has 1 fully saturated rings. The molecule has 2 N–H and O–H groups in total. The Balaban J connectivity index is 1.91. The number of aryl methyl sites for hydroxylation is 1. The van der Waals surface area contributed by atoms with Gasteiger partial charge in [0.2, 0.25) is 0 Å². The Morgan fingerprint density at radius 2 is 2.26 bits per heavy atom. The summed E-state index contributed by atoms with van der Waals surface area (Å²) in [5.41, 5.74) is -0.110. The first-order valence-corrected chi connectivity index (χ1v) is 7.31. The summed E-state index contributed by atoms with van der Waals surface area (Å²) in [5, 5.41) is 17.0. The number of rotatable bonds is 5. The number of aliphatic hydroxyl groups is 1. The molecular formula is C12H19N3O3S. The fourth-order valence-corrected chi connectivity index (χ4v) is 2.66. The van der Waals surface area contributed by atoms with Crippen LogP contribution in [0.15, 0.2) is 0 Å². The van der Waals surface area contributed by atoms with Crippen LogP contribution in [0.2, 0.25) is 0 Å². The predicted octanol–water partition coefficient (Wildman–Crippen LogP) is 0.762. The molecule has 1 aliphatic rings. The second kappa shape index (κ2) is 6.40. The van der Waals surface area contributed by atoms with Gasteiger partial charge in [0.05, 0.1) is 11.3 Å². The third-order valence-corrected chi connectivity index (χ3v) is 4.02. The molecule has 0 bridgehead atoms. The van der Waals surface area contributed by atoms with Gasteiger partial charge in [-0.1, -0.05) is 17.8 Å². The van der Waals surface area contributed by atoms with Crippen LogP contribution < -0.4 is 5.32 Å². The van der Waals surface area contributed by atoms with Crippen molar-refractivity contribution in [3.8, 4) is 0 Å². The molecule has 0 spiro atoms. The Bertz CT molecular complexity index is 430. The standard InChI is InChI=1S/C12H19N3O3S/c1-2-3-9-10(19-15-14-9)11(16)13-8-12(17)4-6-18-7-5-12/h17H,2-8H2,1H3,(H,13,16). The van der Waals surface area contributed by atoms with Gasteiger partial charge in [0.15, 0.2) is 0 Å². The highest BCUT2D eigenvalue weighted by Crippen LogP contribution is 2.20. The maximum atomic E-state index is 12.1. The van der Waals surface area contributed by atoms with Gasteiger partial charge in [0, 0.05) is 32.6 Å². The summed E-state index contributed by atoms with van der Waals surface area (Å²) in [6, 6.07) is 0. The van der Waals surface area contributed by atoms with Crippen molar-refractivity contribution in [2.45, 2.75) is 38.2 Å². The van der Waals surface area contributed by atoms with Gasteiger partial charge < -0.3 is 15.2 Å². The lowest BCUT2D eigenvalue weighted by molar-refractivity contribution is -0.0605. The van der Waals surface area contributed by atoms with Crippen molar-refractivity contribution in [3.05, 3.63) is 10.6 Å². The number of amides is 1. The zero-order valence-electron chi connectivity index (χ0n) is 11.0. The minimum atomic E-state index is -0.850. The normalized spacial score (nSPS) is 18.2. The van der Waals surface area contributed by atoms with Gasteiger partial charge in [-0.3, -0.25) is 4.79 Å². The van der Waals surface area contributed by atoms with Crippen LogP contribution in [0.1, 0.15) is 41.6 Å². The van der Waals surface area contributed by atoms with Gasteiger partial charge in [-0.25, -0.2) is 0 Å². The smallest absolute Gasteiger partial charge is 0.265 e. The number of carbonyl (C=O) groups is 1. The van der Waals surface area contributed by atoms with Crippen molar-refractivity contribution in [3.63, 3.8) is 0 Å². The molecule has 1 saturated heterocycles. The fraction of sp³-hybridized carbons (Fsp3) is 0.750. The van der Waals surface area contributed by atoms with Crippen molar-refractivity contribution >= 4 is 17.4 Å². The Kier molecular flexibility index (Phi) is 4.84. The largest absolute Gasteiger partial charge is 0.388 e. The summed E-state index contributed by atoms with van der Waals surface area (Å²) in [6.07, 6.45) is 2.77. The van der Waals surface area contributed by atoms with E-state index in [4.69, 9.17) is 4.74 Å². The van der Waals surface area contributed by atoms with Crippen LogP contribution in [-0.4, -0.2) is 46.0 Å². The number of aromatic nitrogens is 2. The van der Waals surface area contributed by atoms with Crippen LogP contribution in [0.3, 0.4) is 0 Å². The Hall–Kier alpha value is -1.05. The molecule has 0 atom stereocenters. The van der Waals surface area contributed by atoms with E-state index < -0.39 is 5.60 Å². The molecule has 0 saturated carbocycles. The maximum Gasteiger partial charge on any atom is 0.265 e. The van der Waals surface area contributed by atoms with Gasteiger partial charge in [-0.2, -0.15) is 0 Å². The number of nitrogens with zero attached hydrogens (tertiary/aromatic N) is 2. The van der Waals surface area contributed by atoms with E-state index in [0.717, 1.165) is 30.1 Å². The third-order valence-electron chi connectivity index (χ3n) is 3.25. The molecule has 0 radical (unpaired) electrons. The molecule has 0 unspecified atom stereocenters. The molecule has 2 heterocycles. The minimum Gasteiger partial charge on any atom is -0.388 e. The van der Waals surface area contributed by atoms with Crippen molar-refractivity contribution in [2.75, 3.05) is 19.8 Å². The molecule has 7 heteroatoms. The maximum absolute atomic E-state index is 12.1. The van der Waals surface area contributed by atoms with E-state index in [1.807, 2.05) is 6.92 Å². The number of carbonyl (C=O) groups excluding carboxylic acids is 1. The third kappa shape index (κ3) is 3.71. The first kappa shape index (κ1) is 14.4. The summed E-state index contributed by atoms with van der Waals surface area (Å²) in [6.45, 7) is 3.36. The van der Waals surface area contributed by atoms with Crippen LogP contribution in [0.25, 0.3) is 0 Å². The Labute approximate surface area is 116 Å². The van der Waals surface area contributed by atoms with E-state index in [2.05, 4.69) is 14.9 Å². The minimum absolute atomic E-state index is 0.196. The SMILES string of the molecule is CCCc1nnsc1C(=O)NCC1(O)CCOCC1. The van der Waals surface area contributed by atoms with Crippen molar-refractivity contribution in [1.82, 2.24) is 14.9 Å². The summed E-state index contributed by atoms with van der Waals surface area (Å²) in [4.78, 5) is 12.6. The average Bonchev–Trinajstić information content (AvgIpc) is 2.86. The van der Waals surface area contributed by atoms with E-state index >= 15 is 0 Å². The second-order valence-corrected chi connectivity index (χ2v) is 5.57. The first-order chi connectivity index (χ1) is 9.14. The monoisotopic (exact) mass is 285 g/mol.